The Balaban J connectivity index is 3.36. The fourth-order valence-electron chi connectivity index (χ4n) is 3.69. The molecule has 1 rings (SSSR count). The van der Waals surface area contributed by atoms with Crippen molar-refractivity contribution in [3.63, 3.8) is 0 Å². The second-order valence-corrected chi connectivity index (χ2v) is 15.6. The number of nitrogens with zero attached hydrogens (tertiary/aromatic N) is 1. The molecule has 1 aromatic rings. The molecule has 5 heteroatoms. The highest BCUT2D eigenvalue weighted by Crippen LogP contribution is 2.33. The van der Waals surface area contributed by atoms with E-state index in [1.165, 1.54) is 7.11 Å². The lowest BCUT2D eigenvalue weighted by Crippen LogP contribution is -2.23. The number of hydrogen-bond acceptors (Lipinski definition) is 3. The molecule has 0 bridgehead atoms. The maximum absolute atomic E-state index is 12.9. The monoisotopic (exact) mass is 459 g/mol. The molecule has 0 saturated heterocycles. The lowest BCUT2D eigenvalue weighted by Gasteiger charge is -2.20. The number of allylic oxidation sites excluding steroid dienone is 4. The van der Waals surface area contributed by atoms with Crippen LogP contribution >= 0.6 is 0 Å². The highest BCUT2D eigenvalue weighted by atomic mass is 28.3. The molecule has 0 aliphatic heterocycles. The van der Waals surface area contributed by atoms with Crippen molar-refractivity contribution in [2.45, 2.75) is 84.3 Å². The van der Waals surface area contributed by atoms with Crippen LogP contribution in [0.5, 0.6) is 0 Å². The average molecular weight is 460 g/mol. The third-order valence-electron chi connectivity index (χ3n) is 5.62. The van der Waals surface area contributed by atoms with Gasteiger partial charge in [-0.15, -0.1) is 13.2 Å². The van der Waals surface area contributed by atoms with Gasteiger partial charge in [-0.2, -0.15) is 0 Å². The van der Waals surface area contributed by atoms with E-state index in [2.05, 4.69) is 69.4 Å². The van der Waals surface area contributed by atoms with Crippen LogP contribution in [-0.4, -0.2) is 32.3 Å². The third kappa shape index (κ3) is 9.33. The number of aryl methyl sites for hydroxylation is 1. The molecule has 1 heterocycles. The standard InChI is InChI=1S/C27H45NO3Si/c1-9-11-13-15-16-23-20-25(24(22(3)4)17-14-12-10-2)26(27(29)30-5)28(23)21-31-18-19-32(6,7)8/h9-10,14,17,20,22,24H,1-2,11-13,15-16,18-19,21H2,3-8H3/b17-14-/t24-/m1/s1. The van der Waals surface area contributed by atoms with E-state index in [-0.39, 0.29) is 11.9 Å². The van der Waals surface area contributed by atoms with Crippen molar-refractivity contribution >= 4 is 14.0 Å². The van der Waals surface area contributed by atoms with E-state index in [0.717, 1.165) is 49.4 Å². The Kier molecular flexibility index (Phi) is 12.6. The smallest absolute Gasteiger partial charge is 0.355 e. The Morgan fingerprint density at radius 1 is 1.19 bits per heavy atom. The van der Waals surface area contributed by atoms with Gasteiger partial charge in [0.05, 0.1) is 7.11 Å². The fourth-order valence-corrected chi connectivity index (χ4v) is 4.45. The zero-order valence-electron chi connectivity index (χ0n) is 21.3. The third-order valence-corrected chi connectivity index (χ3v) is 7.33. The minimum atomic E-state index is -1.18. The van der Waals surface area contributed by atoms with E-state index in [1.54, 1.807) is 0 Å². The van der Waals surface area contributed by atoms with Crippen LogP contribution < -0.4 is 0 Å². The first-order valence-electron chi connectivity index (χ1n) is 11.9. The predicted octanol–water partition coefficient (Wildman–Crippen LogP) is 7.36. The van der Waals surface area contributed by atoms with Crippen LogP contribution in [0.15, 0.2) is 43.5 Å². The first-order chi connectivity index (χ1) is 15.2. The molecule has 0 amide bonds. The Bertz CT molecular complexity index is 756. The van der Waals surface area contributed by atoms with Gasteiger partial charge in [0, 0.05) is 26.3 Å². The second-order valence-electron chi connectivity index (χ2n) is 9.96. The molecule has 0 unspecified atom stereocenters. The highest BCUT2D eigenvalue weighted by Gasteiger charge is 2.27. The number of rotatable bonds is 16. The van der Waals surface area contributed by atoms with Gasteiger partial charge in [0.1, 0.15) is 12.4 Å². The zero-order valence-corrected chi connectivity index (χ0v) is 22.3. The summed E-state index contributed by atoms with van der Waals surface area (Å²) in [6, 6.07) is 3.30. The maximum atomic E-state index is 12.9. The van der Waals surface area contributed by atoms with Crippen molar-refractivity contribution in [2.24, 2.45) is 5.92 Å². The minimum Gasteiger partial charge on any atom is -0.464 e. The van der Waals surface area contributed by atoms with E-state index >= 15 is 0 Å². The maximum Gasteiger partial charge on any atom is 0.355 e. The summed E-state index contributed by atoms with van der Waals surface area (Å²) in [6.45, 7) is 20.1. The summed E-state index contributed by atoms with van der Waals surface area (Å²) < 4.78 is 13.4. The molecule has 0 N–H and O–H groups in total. The molecule has 0 spiro atoms. The van der Waals surface area contributed by atoms with Crippen molar-refractivity contribution in [1.29, 1.82) is 0 Å². The molecule has 0 saturated carbocycles. The quantitative estimate of drug-likeness (QED) is 0.112. The summed E-state index contributed by atoms with van der Waals surface area (Å²) in [5.41, 5.74) is 2.79. The van der Waals surface area contributed by atoms with Crippen LogP contribution in [0.25, 0.3) is 0 Å². The first-order valence-corrected chi connectivity index (χ1v) is 15.6. The van der Waals surface area contributed by atoms with Crippen LogP contribution in [0, 0.1) is 5.92 Å². The minimum absolute atomic E-state index is 0.124. The van der Waals surface area contributed by atoms with Gasteiger partial charge in [-0.05, 0) is 55.7 Å². The van der Waals surface area contributed by atoms with E-state index in [4.69, 9.17) is 9.47 Å². The van der Waals surface area contributed by atoms with Crippen LogP contribution in [0.3, 0.4) is 0 Å². The topological polar surface area (TPSA) is 40.5 Å². The van der Waals surface area contributed by atoms with Crippen molar-refractivity contribution in [3.05, 3.63) is 60.5 Å². The molecule has 0 aliphatic rings. The Morgan fingerprint density at radius 3 is 2.47 bits per heavy atom. The lowest BCUT2D eigenvalue weighted by molar-refractivity contribution is 0.0533. The molecule has 0 fully saturated rings. The van der Waals surface area contributed by atoms with Crippen LogP contribution in [-0.2, 0) is 22.6 Å². The molecule has 32 heavy (non-hydrogen) atoms. The highest BCUT2D eigenvalue weighted by molar-refractivity contribution is 6.76. The van der Waals surface area contributed by atoms with Crippen molar-refractivity contribution in [2.75, 3.05) is 13.7 Å². The van der Waals surface area contributed by atoms with Gasteiger partial charge >= 0.3 is 5.97 Å². The van der Waals surface area contributed by atoms with E-state index in [1.807, 2.05) is 12.2 Å². The largest absolute Gasteiger partial charge is 0.464 e. The summed E-state index contributed by atoms with van der Waals surface area (Å²) >= 11 is 0. The second kappa shape index (κ2) is 14.3. The van der Waals surface area contributed by atoms with Crippen molar-refractivity contribution in [1.82, 2.24) is 4.57 Å². The molecule has 1 atom stereocenters. The number of carbonyl (C=O) groups excluding carboxylic acids is 1. The molecule has 180 valence electrons. The summed E-state index contributed by atoms with van der Waals surface area (Å²) in [7, 11) is 0.275. The Morgan fingerprint density at radius 2 is 1.91 bits per heavy atom. The van der Waals surface area contributed by atoms with Gasteiger partial charge < -0.3 is 14.0 Å². The summed E-state index contributed by atoms with van der Waals surface area (Å²) in [6.07, 6.45) is 13.0. The van der Waals surface area contributed by atoms with Crippen molar-refractivity contribution in [3.8, 4) is 0 Å². The van der Waals surface area contributed by atoms with Crippen LogP contribution in [0.4, 0.5) is 0 Å². The first kappa shape index (κ1) is 28.2. The van der Waals surface area contributed by atoms with Gasteiger partial charge in [-0.25, -0.2) is 4.79 Å². The molecular formula is C27H45NO3Si. The Labute approximate surface area is 197 Å². The number of ether oxygens (including phenoxy) is 2. The molecular weight excluding hydrogens is 414 g/mol. The average Bonchev–Trinajstić information content (AvgIpc) is 3.08. The summed E-state index contributed by atoms with van der Waals surface area (Å²) in [5, 5.41) is 0. The van der Waals surface area contributed by atoms with E-state index in [9.17, 15) is 4.79 Å². The fraction of sp³-hybridized carbons (Fsp3) is 0.593. The SMILES string of the molecule is C=CC/C=C\[C@@H](c1cc(CCCCC=C)n(COCC[Si](C)(C)C)c1C(=O)OC)C(C)C. The number of unbranched alkanes of at least 4 members (excludes halogenated alkanes) is 2. The summed E-state index contributed by atoms with van der Waals surface area (Å²) in [4.78, 5) is 12.9. The predicted molar refractivity (Wildman–Crippen MR) is 139 cm³/mol. The zero-order chi connectivity index (χ0) is 24.1. The molecule has 0 aliphatic carbocycles. The number of carbonyl (C=O) groups is 1. The van der Waals surface area contributed by atoms with Gasteiger partial charge in [-0.1, -0.05) is 57.8 Å². The molecule has 0 radical (unpaired) electrons. The van der Waals surface area contributed by atoms with Crippen LogP contribution in [0.2, 0.25) is 25.7 Å². The van der Waals surface area contributed by atoms with Gasteiger partial charge in [-0.3, -0.25) is 0 Å². The van der Waals surface area contributed by atoms with Gasteiger partial charge in [0.25, 0.3) is 0 Å². The number of aromatic nitrogens is 1. The summed E-state index contributed by atoms with van der Waals surface area (Å²) in [5.74, 6) is 0.171. The van der Waals surface area contributed by atoms with Gasteiger partial charge in [0.15, 0.2) is 0 Å². The number of esters is 1. The van der Waals surface area contributed by atoms with Gasteiger partial charge in [0.2, 0.25) is 0 Å². The molecule has 1 aromatic heterocycles. The number of hydrogen-bond donors (Lipinski definition) is 0. The number of methoxy groups -OCH3 is 1. The molecule has 4 nitrogen and oxygen atoms in total. The van der Waals surface area contributed by atoms with Crippen molar-refractivity contribution < 1.29 is 14.3 Å². The van der Waals surface area contributed by atoms with Crippen LogP contribution in [0.1, 0.15) is 67.2 Å². The van der Waals surface area contributed by atoms with E-state index < -0.39 is 8.07 Å². The van der Waals surface area contributed by atoms with E-state index in [0.29, 0.717) is 24.9 Å². The molecule has 0 aromatic carbocycles. The Hall–Kier alpha value is -1.85. The normalized spacial score (nSPS) is 13.0. The lowest BCUT2D eigenvalue weighted by atomic mass is 9.87.